The Bertz CT molecular complexity index is 706. The monoisotopic (exact) mass is 268 g/mol. The van der Waals surface area contributed by atoms with Gasteiger partial charge in [-0.3, -0.25) is 9.59 Å². The highest BCUT2D eigenvalue weighted by Gasteiger charge is 2.18. The van der Waals surface area contributed by atoms with Gasteiger partial charge in [-0.05, 0) is 37.1 Å². The van der Waals surface area contributed by atoms with Gasteiger partial charge in [0.25, 0.3) is 5.91 Å². The Kier molecular flexibility index (Phi) is 3.57. The van der Waals surface area contributed by atoms with Gasteiger partial charge < -0.3 is 11.5 Å². The Labute approximate surface area is 117 Å². The number of benzene rings is 2. The summed E-state index contributed by atoms with van der Waals surface area (Å²) in [5, 5.41) is 0. The predicted molar refractivity (Wildman–Crippen MR) is 78.7 cm³/mol. The lowest BCUT2D eigenvalue weighted by molar-refractivity contribution is 0.100. The van der Waals surface area contributed by atoms with Crippen LogP contribution in [0.1, 0.15) is 37.4 Å². The Balaban J connectivity index is 2.57. The van der Waals surface area contributed by atoms with Gasteiger partial charge in [-0.2, -0.15) is 0 Å². The number of hydrogen-bond acceptors (Lipinski definition) is 3. The summed E-state index contributed by atoms with van der Waals surface area (Å²) in [6, 6.07) is 10.2. The molecule has 0 saturated heterocycles. The highest BCUT2D eigenvalue weighted by atomic mass is 16.1. The summed E-state index contributed by atoms with van der Waals surface area (Å²) in [6.07, 6.45) is 0. The molecule has 0 aliphatic carbocycles. The van der Waals surface area contributed by atoms with Crippen LogP contribution in [0, 0.1) is 13.8 Å². The standard InChI is InChI=1S/C16H16N2O2/c1-9-5-3-6-11(10(9)2)15(19)12-7-4-8-13(14(12)17)16(18)20/h3-8H,17H2,1-2H3,(H2,18,20). The lowest BCUT2D eigenvalue weighted by Gasteiger charge is -2.11. The summed E-state index contributed by atoms with van der Waals surface area (Å²) < 4.78 is 0. The second-order valence-electron chi connectivity index (χ2n) is 4.71. The number of ketones is 1. The molecule has 0 spiro atoms. The molecule has 0 unspecified atom stereocenters. The second kappa shape index (κ2) is 5.17. The summed E-state index contributed by atoms with van der Waals surface area (Å²) in [4.78, 5) is 23.9. The van der Waals surface area contributed by atoms with E-state index in [1.165, 1.54) is 6.07 Å². The third-order valence-corrected chi connectivity index (χ3v) is 3.47. The Morgan fingerprint density at radius 3 is 2.10 bits per heavy atom. The summed E-state index contributed by atoms with van der Waals surface area (Å²) in [6.45, 7) is 3.83. The van der Waals surface area contributed by atoms with Crippen molar-refractivity contribution in [3.05, 3.63) is 64.2 Å². The molecule has 0 aromatic heterocycles. The first kappa shape index (κ1) is 13.8. The topological polar surface area (TPSA) is 86.2 Å². The number of nitrogen functional groups attached to an aromatic ring is 1. The van der Waals surface area contributed by atoms with Crippen molar-refractivity contribution in [2.75, 3.05) is 5.73 Å². The van der Waals surface area contributed by atoms with Gasteiger partial charge in [0.05, 0.1) is 11.3 Å². The van der Waals surface area contributed by atoms with Crippen LogP contribution in [0.25, 0.3) is 0 Å². The van der Waals surface area contributed by atoms with Gasteiger partial charge in [-0.15, -0.1) is 0 Å². The number of para-hydroxylation sites is 1. The van der Waals surface area contributed by atoms with Crippen LogP contribution in [0.2, 0.25) is 0 Å². The summed E-state index contributed by atoms with van der Waals surface area (Å²) in [7, 11) is 0. The largest absolute Gasteiger partial charge is 0.397 e. The van der Waals surface area contributed by atoms with Crippen LogP contribution >= 0.6 is 0 Å². The van der Waals surface area contributed by atoms with Crippen LogP contribution < -0.4 is 11.5 Å². The zero-order valence-corrected chi connectivity index (χ0v) is 11.4. The Hall–Kier alpha value is -2.62. The molecule has 20 heavy (non-hydrogen) atoms. The number of carbonyl (C=O) groups is 2. The van der Waals surface area contributed by atoms with Crippen LogP contribution in [0.5, 0.6) is 0 Å². The molecule has 0 bridgehead atoms. The van der Waals surface area contributed by atoms with Gasteiger partial charge in [0.2, 0.25) is 0 Å². The maximum Gasteiger partial charge on any atom is 0.250 e. The minimum atomic E-state index is -0.641. The van der Waals surface area contributed by atoms with E-state index in [0.717, 1.165) is 11.1 Å². The first-order valence-electron chi connectivity index (χ1n) is 6.22. The van der Waals surface area contributed by atoms with E-state index >= 15 is 0 Å². The van der Waals surface area contributed by atoms with Crippen molar-refractivity contribution < 1.29 is 9.59 Å². The van der Waals surface area contributed by atoms with Crippen molar-refractivity contribution in [2.24, 2.45) is 5.73 Å². The zero-order valence-electron chi connectivity index (χ0n) is 11.4. The predicted octanol–water partition coefficient (Wildman–Crippen LogP) is 2.22. The van der Waals surface area contributed by atoms with Crippen molar-refractivity contribution in [1.82, 2.24) is 0 Å². The SMILES string of the molecule is Cc1cccc(C(=O)c2cccc(C(N)=O)c2N)c1C. The lowest BCUT2D eigenvalue weighted by atomic mass is 9.94. The first-order chi connectivity index (χ1) is 9.43. The Morgan fingerprint density at radius 2 is 1.45 bits per heavy atom. The van der Waals surface area contributed by atoms with E-state index in [0.29, 0.717) is 11.1 Å². The third-order valence-electron chi connectivity index (χ3n) is 3.47. The van der Waals surface area contributed by atoms with Gasteiger partial charge >= 0.3 is 0 Å². The number of carbonyl (C=O) groups excluding carboxylic acids is 2. The van der Waals surface area contributed by atoms with E-state index in [1.807, 2.05) is 26.0 Å². The molecule has 4 N–H and O–H groups in total. The van der Waals surface area contributed by atoms with Gasteiger partial charge in [0, 0.05) is 11.1 Å². The maximum absolute atomic E-state index is 12.6. The van der Waals surface area contributed by atoms with Crippen LogP contribution in [-0.4, -0.2) is 11.7 Å². The van der Waals surface area contributed by atoms with E-state index in [4.69, 9.17) is 11.5 Å². The molecule has 0 heterocycles. The molecule has 0 aliphatic rings. The van der Waals surface area contributed by atoms with E-state index in [9.17, 15) is 9.59 Å². The number of primary amides is 1. The van der Waals surface area contributed by atoms with Crippen LogP contribution in [0.3, 0.4) is 0 Å². The van der Waals surface area contributed by atoms with Gasteiger partial charge in [0.1, 0.15) is 0 Å². The van der Waals surface area contributed by atoms with Crippen molar-refractivity contribution in [3.63, 3.8) is 0 Å². The number of nitrogens with two attached hydrogens (primary N) is 2. The summed E-state index contributed by atoms with van der Waals surface area (Å²) in [5.41, 5.74) is 14.2. The van der Waals surface area contributed by atoms with Crippen LogP contribution in [-0.2, 0) is 0 Å². The minimum Gasteiger partial charge on any atom is -0.397 e. The molecular formula is C16H16N2O2. The van der Waals surface area contributed by atoms with Crippen molar-refractivity contribution in [3.8, 4) is 0 Å². The fourth-order valence-corrected chi connectivity index (χ4v) is 2.12. The normalized spacial score (nSPS) is 10.3. The highest BCUT2D eigenvalue weighted by Crippen LogP contribution is 2.23. The van der Waals surface area contributed by atoms with Crippen molar-refractivity contribution in [1.29, 1.82) is 0 Å². The van der Waals surface area contributed by atoms with Crippen molar-refractivity contribution in [2.45, 2.75) is 13.8 Å². The molecule has 1 amide bonds. The maximum atomic E-state index is 12.6. The third kappa shape index (κ3) is 2.28. The number of hydrogen-bond donors (Lipinski definition) is 2. The number of anilines is 1. The summed E-state index contributed by atoms with van der Waals surface area (Å²) >= 11 is 0. The fraction of sp³-hybridized carbons (Fsp3) is 0.125. The van der Waals surface area contributed by atoms with Gasteiger partial charge in [-0.25, -0.2) is 0 Å². The molecule has 0 atom stereocenters. The van der Waals surface area contributed by atoms with Crippen LogP contribution in [0.15, 0.2) is 36.4 Å². The van der Waals surface area contributed by atoms with E-state index in [1.54, 1.807) is 18.2 Å². The molecule has 2 rings (SSSR count). The molecular weight excluding hydrogens is 252 g/mol. The van der Waals surface area contributed by atoms with E-state index in [-0.39, 0.29) is 17.0 Å². The van der Waals surface area contributed by atoms with E-state index in [2.05, 4.69) is 0 Å². The zero-order chi connectivity index (χ0) is 14.9. The molecule has 102 valence electrons. The Morgan fingerprint density at radius 1 is 0.900 bits per heavy atom. The molecule has 4 nitrogen and oxygen atoms in total. The summed E-state index contributed by atoms with van der Waals surface area (Å²) in [5.74, 6) is -0.843. The molecule has 0 radical (unpaired) electrons. The van der Waals surface area contributed by atoms with Gasteiger partial charge in [0.15, 0.2) is 5.78 Å². The molecule has 2 aromatic carbocycles. The fourth-order valence-electron chi connectivity index (χ4n) is 2.12. The lowest BCUT2D eigenvalue weighted by Crippen LogP contribution is -2.16. The van der Waals surface area contributed by atoms with Crippen molar-refractivity contribution >= 4 is 17.4 Å². The van der Waals surface area contributed by atoms with Gasteiger partial charge in [-0.1, -0.05) is 24.3 Å². The second-order valence-corrected chi connectivity index (χ2v) is 4.71. The average Bonchev–Trinajstić information content (AvgIpc) is 2.41. The molecule has 0 fully saturated rings. The number of rotatable bonds is 3. The molecule has 0 aliphatic heterocycles. The first-order valence-corrected chi connectivity index (χ1v) is 6.22. The number of aryl methyl sites for hydroxylation is 1. The molecule has 0 saturated carbocycles. The molecule has 2 aromatic rings. The highest BCUT2D eigenvalue weighted by molar-refractivity contribution is 6.15. The van der Waals surface area contributed by atoms with Crippen LogP contribution in [0.4, 0.5) is 5.69 Å². The number of amides is 1. The average molecular weight is 268 g/mol. The smallest absolute Gasteiger partial charge is 0.250 e. The quantitative estimate of drug-likeness (QED) is 0.661. The minimum absolute atomic E-state index is 0.130. The molecule has 4 heteroatoms. The van der Waals surface area contributed by atoms with E-state index < -0.39 is 5.91 Å².